The Morgan fingerprint density at radius 1 is 1.03 bits per heavy atom. The molecule has 2 aromatic carbocycles. The van der Waals surface area contributed by atoms with E-state index in [2.05, 4.69) is 20.1 Å². The van der Waals surface area contributed by atoms with Crippen molar-refractivity contribution in [2.45, 2.75) is 13.1 Å². The monoisotopic (exact) mass is 505 g/mol. The molecule has 4 rings (SSSR count). The predicted molar refractivity (Wildman–Crippen MR) is 124 cm³/mol. The number of anilines is 2. The molecule has 0 atom stereocenters. The van der Waals surface area contributed by atoms with Crippen molar-refractivity contribution in [2.24, 2.45) is 0 Å². The van der Waals surface area contributed by atoms with Gasteiger partial charge in [-0.15, -0.1) is 0 Å². The van der Waals surface area contributed by atoms with E-state index in [9.17, 15) is 31.2 Å². The second kappa shape index (κ2) is 8.58. The normalized spacial score (nSPS) is 12.0. The van der Waals surface area contributed by atoms with E-state index in [4.69, 9.17) is 0 Å². The van der Waals surface area contributed by atoms with Crippen molar-refractivity contribution in [2.75, 3.05) is 16.3 Å². The van der Waals surface area contributed by atoms with Crippen molar-refractivity contribution in [3.63, 3.8) is 0 Å². The number of aromatic amines is 1. The molecule has 0 spiro atoms. The first-order valence-corrected chi connectivity index (χ1v) is 11.9. The molecule has 0 fully saturated rings. The van der Waals surface area contributed by atoms with Crippen LogP contribution in [0.3, 0.4) is 0 Å². The van der Waals surface area contributed by atoms with Gasteiger partial charge in [-0.25, -0.2) is 8.42 Å². The number of carbonyl (C=O) groups is 1. The van der Waals surface area contributed by atoms with E-state index in [-0.39, 0.29) is 33.8 Å². The Morgan fingerprint density at radius 3 is 2.23 bits per heavy atom. The minimum atomic E-state index is -4.87. The minimum absolute atomic E-state index is 0.000594. The molecule has 0 saturated heterocycles. The Kier molecular flexibility index (Phi) is 5.88. The summed E-state index contributed by atoms with van der Waals surface area (Å²) >= 11 is 0. The summed E-state index contributed by atoms with van der Waals surface area (Å²) in [5.41, 5.74) is -3.11. The van der Waals surface area contributed by atoms with Gasteiger partial charge in [0.05, 0.1) is 23.2 Å². The predicted octanol–water partition coefficient (Wildman–Crippen LogP) is 3.64. The molecule has 0 bridgehead atoms. The van der Waals surface area contributed by atoms with E-state index >= 15 is 0 Å². The lowest BCUT2D eigenvalue weighted by atomic mass is 10.1. The third-order valence-corrected chi connectivity index (χ3v) is 5.59. The van der Waals surface area contributed by atoms with Crippen LogP contribution in [-0.2, 0) is 16.2 Å². The summed E-state index contributed by atoms with van der Waals surface area (Å²) in [6.45, 7) is 1.37. The molecule has 2 aromatic heterocycles. The highest BCUT2D eigenvalue weighted by Gasteiger charge is 2.39. The Morgan fingerprint density at radius 2 is 1.63 bits per heavy atom. The largest absolute Gasteiger partial charge is 0.435 e. The molecule has 13 heteroatoms. The zero-order valence-corrected chi connectivity index (χ0v) is 19.1. The third kappa shape index (κ3) is 4.75. The Labute approximate surface area is 196 Å². The van der Waals surface area contributed by atoms with Crippen LogP contribution in [0, 0.1) is 6.92 Å². The molecule has 2 heterocycles. The summed E-state index contributed by atoms with van der Waals surface area (Å²) < 4.78 is 67.4. The van der Waals surface area contributed by atoms with E-state index in [1.54, 1.807) is 18.2 Å². The smallest absolute Gasteiger partial charge is 0.342 e. The number of aryl methyl sites for hydroxylation is 1. The van der Waals surface area contributed by atoms with Crippen LogP contribution >= 0.6 is 0 Å². The lowest BCUT2D eigenvalue weighted by molar-refractivity contribution is -0.140. The van der Waals surface area contributed by atoms with Gasteiger partial charge in [0, 0.05) is 5.69 Å². The summed E-state index contributed by atoms with van der Waals surface area (Å²) in [7, 11) is -3.68. The van der Waals surface area contributed by atoms with Crippen LogP contribution in [0.25, 0.3) is 16.8 Å². The molecule has 0 radical (unpaired) electrons. The van der Waals surface area contributed by atoms with Gasteiger partial charge in [0.2, 0.25) is 10.0 Å². The van der Waals surface area contributed by atoms with Gasteiger partial charge in [0.25, 0.3) is 11.5 Å². The quantitative estimate of drug-likeness (QED) is 0.382. The number of H-pyrrole nitrogens is 1. The molecule has 0 aliphatic carbocycles. The second-order valence-corrected chi connectivity index (χ2v) is 9.40. The third-order valence-electron chi connectivity index (χ3n) is 5.00. The number of sulfonamides is 1. The summed E-state index contributed by atoms with van der Waals surface area (Å²) in [5, 5.41) is 5.92. The van der Waals surface area contributed by atoms with Gasteiger partial charge in [-0.1, -0.05) is 42.5 Å². The SMILES string of the molecule is Cc1[nH]c2c(-c3ccccc3)c(C(F)(F)F)nn2c(=O)c1C(=O)Nc1ccccc1NS(C)(=O)=O. The van der Waals surface area contributed by atoms with E-state index in [1.165, 1.54) is 43.3 Å². The molecule has 182 valence electrons. The van der Waals surface area contributed by atoms with Crippen LogP contribution in [0.4, 0.5) is 24.5 Å². The molecule has 1 amide bonds. The van der Waals surface area contributed by atoms with Crippen molar-refractivity contribution in [3.05, 3.63) is 81.9 Å². The highest BCUT2D eigenvalue weighted by atomic mass is 32.2. The van der Waals surface area contributed by atoms with Crippen molar-refractivity contribution in [1.29, 1.82) is 0 Å². The van der Waals surface area contributed by atoms with Crippen LogP contribution in [0.5, 0.6) is 0 Å². The van der Waals surface area contributed by atoms with Crippen LogP contribution in [0.2, 0.25) is 0 Å². The minimum Gasteiger partial charge on any atom is -0.342 e. The maximum atomic E-state index is 13.8. The lowest BCUT2D eigenvalue weighted by Crippen LogP contribution is -2.29. The standard InChI is InChI=1S/C22H18F3N5O4S/c1-12-16(20(31)27-14-10-6-7-11-15(14)29-35(2,33)34)21(32)30-19(26-12)17(13-8-4-3-5-9-13)18(28-30)22(23,24)25/h3-11,26,29H,1-2H3,(H,27,31). The van der Waals surface area contributed by atoms with Gasteiger partial charge in [0.1, 0.15) is 11.2 Å². The maximum Gasteiger partial charge on any atom is 0.435 e. The summed E-state index contributed by atoms with van der Waals surface area (Å²) in [6.07, 6.45) is -3.95. The van der Waals surface area contributed by atoms with Crippen LogP contribution < -0.4 is 15.6 Å². The molecular weight excluding hydrogens is 487 g/mol. The highest BCUT2D eigenvalue weighted by Crippen LogP contribution is 2.38. The number of para-hydroxylation sites is 2. The molecule has 0 aliphatic heterocycles. The molecule has 35 heavy (non-hydrogen) atoms. The van der Waals surface area contributed by atoms with Crippen molar-refractivity contribution in [1.82, 2.24) is 14.6 Å². The molecule has 3 N–H and O–H groups in total. The molecule has 9 nitrogen and oxygen atoms in total. The number of alkyl halides is 3. The number of rotatable bonds is 5. The Balaban J connectivity index is 1.86. The number of carbonyl (C=O) groups excluding carboxylic acids is 1. The fraction of sp³-hybridized carbons (Fsp3) is 0.136. The Bertz CT molecular complexity index is 1610. The van der Waals surface area contributed by atoms with Crippen LogP contribution in [0.15, 0.2) is 59.4 Å². The second-order valence-electron chi connectivity index (χ2n) is 7.65. The van der Waals surface area contributed by atoms with Gasteiger partial charge in [-0.3, -0.25) is 14.3 Å². The molecule has 0 unspecified atom stereocenters. The zero-order chi connectivity index (χ0) is 25.5. The lowest BCUT2D eigenvalue weighted by Gasteiger charge is -2.13. The number of benzene rings is 2. The van der Waals surface area contributed by atoms with Gasteiger partial charge in [-0.05, 0) is 24.6 Å². The number of hydrogen-bond acceptors (Lipinski definition) is 5. The number of nitrogens with one attached hydrogen (secondary N) is 3. The van der Waals surface area contributed by atoms with E-state index in [0.29, 0.717) is 4.52 Å². The van der Waals surface area contributed by atoms with Gasteiger partial charge in [0.15, 0.2) is 5.69 Å². The van der Waals surface area contributed by atoms with Crippen molar-refractivity contribution in [3.8, 4) is 11.1 Å². The first-order chi connectivity index (χ1) is 16.4. The fourth-order valence-corrected chi connectivity index (χ4v) is 4.17. The first-order valence-electron chi connectivity index (χ1n) is 10.0. The number of hydrogen-bond donors (Lipinski definition) is 3. The number of halogens is 3. The van der Waals surface area contributed by atoms with Crippen LogP contribution in [0.1, 0.15) is 21.7 Å². The van der Waals surface area contributed by atoms with Gasteiger partial charge >= 0.3 is 6.18 Å². The average Bonchev–Trinajstić information content (AvgIpc) is 3.15. The van der Waals surface area contributed by atoms with Crippen molar-refractivity contribution < 1.29 is 26.4 Å². The summed E-state index contributed by atoms with van der Waals surface area (Å²) in [5.74, 6) is -0.960. The maximum absolute atomic E-state index is 13.8. The fourth-order valence-electron chi connectivity index (χ4n) is 3.60. The van der Waals surface area contributed by atoms with Gasteiger partial charge < -0.3 is 10.3 Å². The average molecular weight is 505 g/mol. The molecular formula is C22H18F3N5O4S. The summed E-state index contributed by atoms with van der Waals surface area (Å²) in [6, 6.07) is 13.5. The number of nitrogens with zero attached hydrogens (tertiary/aromatic N) is 2. The Hall–Kier alpha value is -4.13. The molecule has 0 saturated carbocycles. The van der Waals surface area contributed by atoms with Gasteiger partial charge in [-0.2, -0.15) is 22.8 Å². The first kappa shape index (κ1) is 24.0. The summed E-state index contributed by atoms with van der Waals surface area (Å²) in [4.78, 5) is 28.9. The van der Waals surface area contributed by atoms with Crippen molar-refractivity contribution >= 4 is 33.0 Å². The zero-order valence-electron chi connectivity index (χ0n) is 18.3. The number of amides is 1. The molecule has 0 aliphatic rings. The van der Waals surface area contributed by atoms with E-state index in [1.807, 2.05) is 0 Å². The molecule has 4 aromatic rings. The van der Waals surface area contributed by atoms with E-state index < -0.39 is 38.9 Å². The number of fused-ring (bicyclic) bond motifs is 1. The topological polar surface area (TPSA) is 125 Å². The highest BCUT2D eigenvalue weighted by molar-refractivity contribution is 7.92. The van der Waals surface area contributed by atoms with Crippen LogP contribution in [-0.4, -0.2) is 35.2 Å². The van der Waals surface area contributed by atoms with E-state index in [0.717, 1.165) is 6.26 Å². The number of aromatic nitrogens is 3.